The third-order valence-corrected chi connectivity index (χ3v) is 9.19. The zero-order chi connectivity index (χ0) is 21.7. The van der Waals surface area contributed by atoms with Gasteiger partial charge in [-0.1, -0.05) is 24.6 Å². The first-order valence-electron chi connectivity index (χ1n) is 9.95. The molecule has 0 amide bonds. The summed E-state index contributed by atoms with van der Waals surface area (Å²) in [6.07, 6.45) is 3.05. The lowest BCUT2D eigenvalue weighted by atomic mass is 9.57. The first-order chi connectivity index (χ1) is 14.2. The van der Waals surface area contributed by atoms with Gasteiger partial charge in [-0.15, -0.1) is 0 Å². The van der Waals surface area contributed by atoms with E-state index in [2.05, 4.69) is 0 Å². The number of sulfone groups is 1. The average Bonchev–Trinajstić information content (AvgIpc) is 3.28. The summed E-state index contributed by atoms with van der Waals surface area (Å²) in [6.45, 7) is 0. The van der Waals surface area contributed by atoms with Crippen LogP contribution in [0.15, 0.2) is 46.9 Å². The quantitative estimate of drug-likeness (QED) is 0.531. The third-order valence-electron chi connectivity index (χ3n) is 7.10. The lowest BCUT2D eigenvalue weighted by Crippen LogP contribution is -2.55. The Morgan fingerprint density at radius 1 is 1.07 bits per heavy atom. The molecule has 30 heavy (non-hydrogen) atoms. The second-order valence-electron chi connectivity index (χ2n) is 8.40. The number of methoxy groups -OCH3 is 2. The maximum Gasteiger partial charge on any atom is 0.323 e. The molecule has 0 bridgehead atoms. The maximum atomic E-state index is 13.7. The van der Waals surface area contributed by atoms with Crippen molar-refractivity contribution in [3.05, 3.63) is 42.0 Å². The molecule has 3 aliphatic carbocycles. The second-order valence-corrected chi connectivity index (χ2v) is 10.5. The molecule has 0 N–H and O–H groups in total. The Kier molecular flexibility index (Phi) is 4.88. The van der Waals surface area contributed by atoms with Crippen LogP contribution in [0.2, 0.25) is 0 Å². The molecule has 2 saturated carbocycles. The normalized spacial score (nSPS) is 29.5. The number of hydrogen-bond acceptors (Lipinski definition) is 7. The molecule has 1 unspecified atom stereocenters. The fraction of sp³-hybridized carbons (Fsp3) is 0.500. The molecule has 0 saturated heterocycles. The van der Waals surface area contributed by atoms with Crippen LogP contribution in [0, 0.1) is 16.7 Å². The van der Waals surface area contributed by atoms with Gasteiger partial charge in [0.15, 0.2) is 21.0 Å². The van der Waals surface area contributed by atoms with Gasteiger partial charge in [-0.05, 0) is 49.5 Å². The smallest absolute Gasteiger partial charge is 0.323 e. The molecule has 1 spiro atoms. The Morgan fingerprint density at radius 2 is 1.70 bits per heavy atom. The predicted molar refractivity (Wildman–Crippen MR) is 106 cm³/mol. The summed E-state index contributed by atoms with van der Waals surface area (Å²) in [4.78, 5) is 38.8. The predicted octanol–water partition coefficient (Wildman–Crippen LogP) is 2.25. The summed E-state index contributed by atoms with van der Waals surface area (Å²) in [5, 5.41) is -1.18. The Hall–Kier alpha value is -2.48. The van der Waals surface area contributed by atoms with Gasteiger partial charge in [0.2, 0.25) is 0 Å². The number of esters is 2. The number of ketones is 1. The molecular weight excluding hydrogens is 408 g/mol. The SMILES string of the molecule is COC(=O)C1(C(=O)OC)C[C@@H](S(=O)(=O)c2ccccc2)C2=CC(=O)[C@@H]3CCCC23C1. The fourth-order valence-corrected chi connectivity index (χ4v) is 7.84. The number of carbonyl (C=O) groups is 3. The molecular formula is C22H24O7S. The molecule has 1 aromatic rings. The number of ether oxygens (including phenoxy) is 2. The van der Waals surface area contributed by atoms with Gasteiger partial charge in [-0.25, -0.2) is 8.42 Å². The largest absolute Gasteiger partial charge is 0.468 e. The summed E-state index contributed by atoms with van der Waals surface area (Å²) in [5.74, 6) is -2.18. The number of allylic oxidation sites excluding steroid dienone is 1. The van der Waals surface area contributed by atoms with E-state index in [0.717, 1.165) is 6.42 Å². The van der Waals surface area contributed by atoms with Crippen molar-refractivity contribution in [1.82, 2.24) is 0 Å². The van der Waals surface area contributed by atoms with E-state index in [0.29, 0.717) is 18.4 Å². The van der Waals surface area contributed by atoms with Gasteiger partial charge in [-0.2, -0.15) is 0 Å². The second kappa shape index (κ2) is 7.04. The first kappa shape index (κ1) is 20.8. The van der Waals surface area contributed by atoms with Gasteiger partial charge in [0.1, 0.15) is 0 Å². The van der Waals surface area contributed by atoms with E-state index in [1.54, 1.807) is 18.2 Å². The van der Waals surface area contributed by atoms with Crippen LogP contribution in [0.4, 0.5) is 0 Å². The van der Waals surface area contributed by atoms with Crippen LogP contribution in [0.1, 0.15) is 32.1 Å². The van der Waals surface area contributed by atoms with Crippen molar-refractivity contribution < 1.29 is 32.3 Å². The lowest BCUT2D eigenvalue weighted by molar-refractivity contribution is -0.174. The van der Waals surface area contributed by atoms with Crippen LogP contribution in [-0.2, 0) is 33.7 Å². The van der Waals surface area contributed by atoms with E-state index < -0.39 is 43.8 Å². The molecule has 3 atom stereocenters. The zero-order valence-corrected chi connectivity index (χ0v) is 17.7. The molecule has 3 aliphatic rings. The highest BCUT2D eigenvalue weighted by molar-refractivity contribution is 7.92. The van der Waals surface area contributed by atoms with E-state index in [9.17, 15) is 22.8 Å². The van der Waals surface area contributed by atoms with Crippen LogP contribution in [0.25, 0.3) is 0 Å². The number of hydrogen-bond donors (Lipinski definition) is 0. The highest BCUT2D eigenvalue weighted by Gasteiger charge is 2.67. The number of carbonyl (C=O) groups excluding carboxylic acids is 3. The third kappa shape index (κ3) is 2.69. The van der Waals surface area contributed by atoms with Crippen molar-refractivity contribution >= 4 is 27.6 Å². The Bertz CT molecular complexity index is 1020. The van der Waals surface area contributed by atoms with E-state index in [1.807, 2.05) is 0 Å². The summed E-state index contributed by atoms with van der Waals surface area (Å²) in [6, 6.07) is 7.91. The van der Waals surface area contributed by atoms with Crippen molar-refractivity contribution in [2.45, 2.75) is 42.2 Å². The van der Waals surface area contributed by atoms with Crippen LogP contribution in [0.3, 0.4) is 0 Å². The van der Waals surface area contributed by atoms with Gasteiger partial charge < -0.3 is 9.47 Å². The number of benzene rings is 1. The van der Waals surface area contributed by atoms with E-state index in [-0.39, 0.29) is 23.5 Å². The molecule has 0 radical (unpaired) electrons. The molecule has 0 aliphatic heterocycles. The van der Waals surface area contributed by atoms with Crippen molar-refractivity contribution in [3.8, 4) is 0 Å². The van der Waals surface area contributed by atoms with Crippen LogP contribution in [0.5, 0.6) is 0 Å². The Morgan fingerprint density at radius 3 is 2.30 bits per heavy atom. The van der Waals surface area contributed by atoms with Gasteiger partial charge >= 0.3 is 11.9 Å². The average molecular weight is 432 g/mol. The van der Waals surface area contributed by atoms with Gasteiger partial charge in [-0.3, -0.25) is 14.4 Å². The lowest BCUT2D eigenvalue weighted by Gasteiger charge is -2.47. The molecule has 0 aromatic heterocycles. The standard InChI is InChI=1S/C22H24O7S/c1-28-19(24)22(20(25)29-2)12-18(30(26,27)14-7-4-3-5-8-14)16-11-17(23)15-9-6-10-21(15,16)13-22/h3-5,7-8,11,15,18H,6,9-10,12-13H2,1-2H3/t15-,18+,21?/m0/s1. The van der Waals surface area contributed by atoms with Crippen molar-refractivity contribution in [2.24, 2.45) is 16.7 Å². The van der Waals surface area contributed by atoms with Gasteiger partial charge in [0.05, 0.1) is 24.4 Å². The summed E-state index contributed by atoms with van der Waals surface area (Å²) >= 11 is 0. The molecule has 7 nitrogen and oxygen atoms in total. The Balaban J connectivity index is 1.95. The first-order valence-corrected chi connectivity index (χ1v) is 11.5. The number of rotatable bonds is 4. The highest BCUT2D eigenvalue weighted by atomic mass is 32.2. The van der Waals surface area contributed by atoms with E-state index >= 15 is 0 Å². The van der Waals surface area contributed by atoms with Crippen LogP contribution in [-0.4, -0.2) is 45.6 Å². The van der Waals surface area contributed by atoms with Crippen molar-refractivity contribution in [2.75, 3.05) is 14.2 Å². The topological polar surface area (TPSA) is 104 Å². The minimum atomic E-state index is -3.97. The molecule has 8 heteroatoms. The molecule has 2 fully saturated rings. The van der Waals surface area contributed by atoms with Crippen LogP contribution < -0.4 is 0 Å². The van der Waals surface area contributed by atoms with Crippen molar-refractivity contribution in [1.29, 1.82) is 0 Å². The molecule has 4 rings (SSSR count). The maximum absolute atomic E-state index is 13.7. The van der Waals surface area contributed by atoms with Crippen LogP contribution >= 0.6 is 0 Å². The highest BCUT2D eigenvalue weighted by Crippen LogP contribution is 2.65. The zero-order valence-electron chi connectivity index (χ0n) is 16.9. The van der Waals surface area contributed by atoms with Gasteiger partial charge in [0, 0.05) is 11.3 Å². The molecule has 1 aromatic carbocycles. The van der Waals surface area contributed by atoms with E-state index in [4.69, 9.17) is 9.47 Å². The Labute approximate surface area is 175 Å². The summed E-state index contributed by atoms with van der Waals surface area (Å²) in [5.41, 5.74) is -2.09. The summed E-state index contributed by atoms with van der Waals surface area (Å²) in [7, 11) is -1.64. The van der Waals surface area contributed by atoms with Gasteiger partial charge in [0.25, 0.3) is 0 Å². The minimum Gasteiger partial charge on any atom is -0.468 e. The molecule has 160 valence electrons. The summed E-state index contributed by atoms with van der Waals surface area (Å²) < 4.78 is 37.3. The molecule has 0 heterocycles. The monoisotopic (exact) mass is 432 g/mol. The minimum absolute atomic E-state index is 0.0302. The van der Waals surface area contributed by atoms with E-state index in [1.165, 1.54) is 32.4 Å². The fourth-order valence-electron chi connectivity index (χ4n) is 5.83. The van der Waals surface area contributed by atoms with Crippen molar-refractivity contribution in [3.63, 3.8) is 0 Å².